The lowest BCUT2D eigenvalue weighted by Gasteiger charge is -2.20. The minimum atomic E-state index is -0.718. The first-order valence-corrected chi connectivity index (χ1v) is 9.99. The van der Waals surface area contributed by atoms with E-state index in [2.05, 4.69) is 10.4 Å². The van der Waals surface area contributed by atoms with E-state index in [0.717, 1.165) is 16.8 Å². The van der Waals surface area contributed by atoms with Gasteiger partial charge in [0.15, 0.2) is 5.78 Å². The number of hydrogen-bond acceptors (Lipinski definition) is 5. The molecule has 0 saturated heterocycles. The zero-order valence-corrected chi connectivity index (χ0v) is 18.3. The number of ketones is 1. The monoisotopic (exact) mass is 437 g/mol. The lowest BCUT2D eigenvalue weighted by atomic mass is 9.96. The van der Waals surface area contributed by atoms with Crippen molar-refractivity contribution in [3.05, 3.63) is 87.5 Å². The van der Waals surface area contributed by atoms with Crippen LogP contribution in [-0.2, 0) is 18.3 Å². The number of rotatable bonds is 5. The summed E-state index contributed by atoms with van der Waals surface area (Å²) in [5, 5.41) is 6.95. The summed E-state index contributed by atoms with van der Waals surface area (Å²) in [4.78, 5) is 38.5. The Morgan fingerprint density at radius 1 is 1.06 bits per heavy atom. The van der Waals surface area contributed by atoms with Crippen LogP contribution in [0.15, 0.2) is 59.4 Å². The third kappa shape index (κ3) is 5.26. The Hall–Kier alpha value is -3.81. The molecule has 7 nitrogen and oxygen atoms in total. The van der Waals surface area contributed by atoms with Gasteiger partial charge in [-0.1, -0.05) is 30.3 Å². The molecule has 1 heterocycles. The largest absolute Gasteiger partial charge is 0.444 e. The fourth-order valence-corrected chi connectivity index (χ4v) is 3.12. The summed E-state index contributed by atoms with van der Waals surface area (Å²) in [5.41, 5.74) is -0.0633. The number of alkyl carbamates (subject to hydrolysis) is 1. The van der Waals surface area contributed by atoms with Crippen molar-refractivity contribution in [2.24, 2.45) is 7.05 Å². The van der Waals surface area contributed by atoms with Crippen molar-refractivity contribution < 1.29 is 18.7 Å². The normalized spacial score (nSPS) is 11.2. The highest BCUT2D eigenvalue weighted by Crippen LogP contribution is 2.24. The van der Waals surface area contributed by atoms with Gasteiger partial charge >= 0.3 is 6.09 Å². The second kappa shape index (κ2) is 9.13. The molecule has 0 aliphatic carbocycles. The number of ether oxygens (including phenoxy) is 1. The van der Waals surface area contributed by atoms with Crippen LogP contribution < -0.4 is 10.9 Å². The Morgan fingerprint density at radius 2 is 1.69 bits per heavy atom. The number of nitrogens with one attached hydrogen (secondary N) is 1. The standard InChI is InChI=1S/C24H24FN3O4/c1-24(2,3)32-23(31)26-14-18-19(21(29)16-10-12-17(25)13-11-16)22(30)28(4)27-20(18)15-8-6-5-7-9-15/h5-13H,14H2,1-4H3,(H,26,31). The van der Waals surface area contributed by atoms with Gasteiger partial charge in [-0.25, -0.2) is 13.9 Å². The van der Waals surface area contributed by atoms with Crippen LogP contribution in [0.5, 0.6) is 0 Å². The molecule has 1 amide bonds. The van der Waals surface area contributed by atoms with Crippen LogP contribution in [0.4, 0.5) is 9.18 Å². The second-order valence-corrected chi connectivity index (χ2v) is 8.19. The van der Waals surface area contributed by atoms with E-state index >= 15 is 0 Å². The van der Waals surface area contributed by atoms with E-state index in [9.17, 15) is 18.8 Å². The molecule has 1 N–H and O–H groups in total. The van der Waals surface area contributed by atoms with E-state index in [1.165, 1.54) is 19.2 Å². The minimum Gasteiger partial charge on any atom is -0.444 e. The molecule has 166 valence electrons. The van der Waals surface area contributed by atoms with Gasteiger partial charge in [-0.3, -0.25) is 9.59 Å². The molecule has 0 saturated carbocycles. The molecule has 3 aromatic rings. The van der Waals surface area contributed by atoms with Gasteiger partial charge in [-0.2, -0.15) is 5.10 Å². The Bertz CT molecular complexity index is 1200. The lowest BCUT2D eigenvalue weighted by molar-refractivity contribution is 0.0523. The average Bonchev–Trinajstić information content (AvgIpc) is 2.73. The van der Waals surface area contributed by atoms with E-state index in [0.29, 0.717) is 11.3 Å². The fraction of sp³-hybridized carbons (Fsp3) is 0.250. The van der Waals surface area contributed by atoms with Crippen LogP contribution in [0.25, 0.3) is 11.3 Å². The number of carbonyl (C=O) groups excluding carboxylic acids is 2. The molecule has 0 spiro atoms. The smallest absolute Gasteiger partial charge is 0.407 e. The van der Waals surface area contributed by atoms with Gasteiger partial charge in [0.05, 0.1) is 11.3 Å². The number of amides is 1. The predicted molar refractivity (Wildman–Crippen MR) is 118 cm³/mol. The zero-order chi connectivity index (χ0) is 23.5. The molecular weight excluding hydrogens is 413 g/mol. The molecule has 0 fully saturated rings. The maximum absolute atomic E-state index is 13.4. The first-order chi connectivity index (χ1) is 15.1. The van der Waals surface area contributed by atoms with Gasteiger partial charge < -0.3 is 10.1 Å². The summed E-state index contributed by atoms with van der Waals surface area (Å²) in [6.07, 6.45) is -0.697. The highest BCUT2D eigenvalue weighted by Gasteiger charge is 2.25. The maximum atomic E-state index is 13.4. The van der Waals surface area contributed by atoms with E-state index in [4.69, 9.17) is 4.74 Å². The van der Waals surface area contributed by atoms with Crippen LogP contribution >= 0.6 is 0 Å². The van der Waals surface area contributed by atoms with E-state index < -0.39 is 28.9 Å². The molecule has 0 radical (unpaired) electrons. The Labute approximate surface area is 184 Å². The average molecular weight is 437 g/mol. The van der Waals surface area contributed by atoms with Crippen LogP contribution in [0.1, 0.15) is 42.3 Å². The van der Waals surface area contributed by atoms with Gasteiger partial charge in [-0.15, -0.1) is 0 Å². The van der Waals surface area contributed by atoms with Crippen molar-refractivity contribution in [1.82, 2.24) is 15.1 Å². The summed E-state index contributed by atoms with van der Waals surface area (Å²) in [5.74, 6) is -1.09. The quantitative estimate of drug-likeness (QED) is 0.613. The van der Waals surface area contributed by atoms with Crippen molar-refractivity contribution in [2.45, 2.75) is 32.9 Å². The first kappa shape index (κ1) is 22.9. The van der Waals surface area contributed by atoms with E-state index in [1.807, 2.05) is 6.07 Å². The molecule has 0 aliphatic rings. The molecular formula is C24H24FN3O4. The highest BCUT2D eigenvalue weighted by molar-refractivity contribution is 6.10. The van der Waals surface area contributed by atoms with Crippen molar-refractivity contribution in [2.75, 3.05) is 0 Å². The van der Waals surface area contributed by atoms with Crippen LogP contribution in [-0.4, -0.2) is 27.3 Å². The van der Waals surface area contributed by atoms with E-state index in [-0.39, 0.29) is 23.2 Å². The number of halogens is 1. The number of nitrogens with zero attached hydrogens (tertiary/aromatic N) is 2. The van der Waals surface area contributed by atoms with Gasteiger partial charge in [-0.05, 0) is 45.0 Å². The third-order valence-electron chi connectivity index (χ3n) is 4.53. The van der Waals surface area contributed by atoms with Gasteiger partial charge in [0.1, 0.15) is 11.4 Å². The first-order valence-electron chi connectivity index (χ1n) is 9.99. The Balaban J connectivity index is 2.14. The summed E-state index contributed by atoms with van der Waals surface area (Å²) < 4.78 is 19.7. The summed E-state index contributed by atoms with van der Waals surface area (Å²) in [7, 11) is 1.45. The highest BCUT2D eigenvalue weighted by atomic mass is 19.1. The van der Waals surface area contributed by atoms with Gasteiger partial charge in [0.2, 0.25) is 0 Å². The number of hydrogen-bond donors (Lipinski definition) is 1. The molecule has 3 rings (SSSR count). The zero-order valence-electron chi connectivity index (χ0n) is 18.3. The summed E-state index contributed by atoms with van der Waals surface area (Å²) >= 11 is 0. The van der Waals surface area contributed by atoms with Crippen LogP contribution in [0.2, 0.25) is 0 Å². The molecule has 0 bridgehead atoms. The SMILES string of the molecule is Cn1nc(-c2ccccc2)c(CNC(=O)OC(C)(C)C)c(C(=O)c2ccc(F)cc2)c1=O. The molecule has 0 unspecified atom stereocenters. The van der Waals surface area contributed by atoms with Gasteiger partial charge in [0, 0.05) is 30.3 Å². The number of benzene rings is 2. The number of aromatic nitrogens is 2. The van der Waals surface area contributed by atoms with E-state index in [1.54, 1.807) is 45.0 Å². The van der Waals surface area contributed by atoms with Crippen molar-refractivity contribution in [3.63, 3.8) is 0 Å². The van der Waals surface area contributed by atoms with Crippen LogP contribution in [0, 0.1) is 5.82 Å². The summed E-state index contributed by atoms with van der Waals surface area (Å²) in [6.45, 7) is 5.02. The second-order valence-electron chi connectivity index (χ2n) is 8.19. The molecule has 32 heavy (non-hydrogen) atoms. The lowest BCUT2D eigenvalue weighted by Crippen LogP contribution is -2.35. The topological polar surface area (TPSA) is 90.3 Å². The van der Waals surface area contributed by atoms with Crippen molar-refractivity contribution >= 4 is 11.9 Å². The van der Waals surface area contributed by atoms with Crippen molar-refractivity contribution in [1.29, 1.82) is 0 Å². The molecule has 0 atom stereocenters. The minimum absolute atomic E-state index is 0.146. The fourth-order valence-electron chi connectivity index (χ4n) is 3.12. The maximum Gasteiger partial charge on any atom is 0.407 e. The number of aryl methyl sites for hydroxylation is 1. The molecule has 2 aromatic carbocycles. The van der Waals surface area contributed by atoms with Gasteiger partial charge in [0.25, 0.3) is 5.56 Å². The number of carbonyl (C=O) groups is 2. The molecule has 8 heteroatoms. The molecule has 0 aliphatic heterocycles. The molecule has 1 aromatic heterocycles. The Morgan fingerprint density at radius 3 is 2.28 bits per heavy atom. The Kier molecular flexibility index (Phi) is 6.53. The summed E-state index contributed by atoms with van der Waals surface area (Å²) in [6, 6.07) is 13.9. The van der Waals surface area contributed by atoms with Crippen molar-refractivity contribution in [3.8, 4) is 11.3 Å². The third-order valence-corrected chi connectivity index (χ3v) is 4.53. The predicted octanol–water partition coefficient (Wildman–Crippen LogP) is 3.84. The van der Waals surface area contributed by atoms with Crippen LogP contribution in [0.3, 0.4) is 0 Å².